The number of ether oxygens (including phenoxy) is 2. The van der Waals surface area contributed by atoms with Gasteiger partial charge in [-0.3, -0.25) is 4.90 Å². The lowest BCUT2D eigenvalue weighted by Crippen LogP contribution is -2.51. The zero-order chi connectivity index (χ0) is 16.5. The summed E-state index contributed by atoms with van der Waals surface area (Å²) in [7, 11) is 0. The van der Waals surface area contributed by atoms with Crippen LogP contribution in [0.25, 0.3) is 0 Å². The number of rotatable bonds is 4. The molecule has 0 unspecified atom stereocenters. The van der Waals surface area contributed by atoms with Crippen molar-refractivity contribution >= 4 is 0 Å². The molecule has 2 aliphatic rings. The molecule has 1 aliphatic heterocycles. The lowest BCUT2D eigenvalue weighted by atomic mass is 10.1. The molecule has 0 aromatic carbocycles. The molecule has 0 bridgehead atoms. The third-order valence-corrected chi connectivity index (χ3v) is 4.68. The average molecular weight is 333 g/mol. The standard InChI is InChI=1S/C17H20FN3O3/c1-11-9-12(20-24-11)10-21-7-8-22-16-14(21)4-5-15(16)23-17-13(18)3-2-6-19-17/h2-3,6,9,14-16H,4-5,7-8,10H2,1H3/t14-,15-,16+/m0/s1. The zero-order valence-corrected chi connectivity index (χ0v) is 13.5. The van der Waals surface area contributed by atoms with Gasteiger partial charge in [0.05, 0.1) is 12.3 Å². The quantitative estimate of drug-likeness (QED) is 0.856. The molecule has 0 spiro atoms. The number of pyridine rings is 1. The van der Waals surface area contributed by atoms with Crippen LogP contribution >= 0.6 is 0 Å². The Bertz CT molecular complexity index is 708. The van der Waals surface area contributed by atoms with Gasteiger partial charge >= 0.3 is 0 Å². The topological polar surface area (TPSA) is 60.6 Å². The van der Waals surface area contributed by atoms with Crippen molar-refractivity contribution in [3.05, 3.63) is 41.7 Å². The molecule has 4 rings (SSSR count). The molecular formula is C17H20FN3O3. The molecule has 3 atom stereocenters. The molecule has 0 amide bonds. The Labute approximate surface area is 139 Å². The van der Waals surface area contributed by atoms with Gasteiger partial charge in [0.1, 0.15) is 18.0 Å². The first-order chi connectivity index (χ1) is 11.7. The van der Waals surface area contributed by atoms with Crippen molar-refractivity contribution in [2.24, 2.45) is 0 Å². The van der Waals surface area contributed by atoms with Gasteiger partial charge < -0.3 is 14.0 Å². The Hall–Kier alpha value is -1.99. The molecular weight excluding hydrogens is 313 g/mol. The molecule has 3 heterocycles. The zero-order valence-electron chi connectivity index (χ0n) is 13.5. The summed E-state index contributed by atoms with van der Waals surface area (Å²) in [6, 6.07) is 5.11. The largest absolute Gasteiger partial charge is 0.469 e. The van der Waals surface area contributed by atoms with Crippen LogP contribution in [0.1, 0.15) is 24.3 Å². The minimum absolute atomic E-state index is 0.0519. The van der Waals surface area contributed by atoms with Crippen LogP contribution in [-0.2, 0) is 11.3 Å². The first-order valence-corrected chi connectivity index (χ1v) is 8.26. The highest BCUT2D eigenvalue weighted by Crippen LogP contribution is 2.33. The van der Waals surface area contributed by atoms with E-state index in [1.165, 1.54) is 12.3 Å². The van der Waals surface area contributed by atoms with E-state index in [1.54, 1.807) is 6.07 Å². The van der Waals surface area contributed by atoms with Crippen LogP contribution in [0.15, 0.2) is 28.9 Å². The van der Waals surface area contributed by atoms with Crippen molar-refractivity contribution < 1.29 is 18.4 Å². The smallest absolute Gasteiger partial charge is 0.250 e. The molecule has 6 nitrogen and oxygen atoms in total. The van der Waals surface area contributed by atoms with Gasteiger partial charge in [0.15, 0.2) is 5.82 Å². The fourth-order valence-electron chi connectivity index (χ4n) is 3.62. The van der Waals surface area contributed by atoms with E-state index in [0.29, 0.717) is 6.61 Å². The number of halogens is 1. The van der Waals surface area contributed by atoms with Crippen molar-refractivity contribution in [3.8, 4) is 5.88 Å². The second kappa shape index (κ2) is 6.49. The number of fused-ring (bicyclic) bond motifs is 1. The van der Waals surface area contributed by atoms with Crippen molar-refractivity contribution in [2.75, 3.05) is 13.2 Å². The lowest BCUT2D eigenvalue weighted by Gasteiger charge is -2.38. The molecule has 1 saturated heterocycles. The van der Waals surface area contributed by atoms with Crippen LogP contribution in [0.3, 0.4) is 0 Å². The Morgan fingerprint density at radius 1 is 1.42 bits per heavy atom. The highest BCUT2D eigenvalue weighted by Gasteiger charge is 2.44. The minimum atomic E-state index is -0.438. The third kappa shape index (κ3) is 3.01. The van der Waals surface area contributed by atoms with E-state index >= 15 is 0 Å². The van der Waals surface area contributed by atoms with Crippen molar-refractivity contribution in [1.29, 1.82) is 0 Å². The van der Waals surface area contributed by atoms with Crippen LogP contribution in [-0.4, -0.2) is 46.4 Å². The van der Waals surface area contributed by atoms with Gasteiger partial charge in [-0.2, -0.15) is 0 Å². The predicted octanol–water partition coefficient (Wildman–Crippen LogP) is 2.33. The van der Waals surface area contributed by atoms with E-state index in [-0.39, 0.29) is 24.1 Å². The van der Waals surface area contributed by atoms with Crippen LogP contribution < -0.4 is 4.74 Å². The fourth-order valence-corrected chi connectivity index (χ4v) is 3.62. The van der Waals surface area contributed by atoms with Gasteiger partial charge in [-0.05, 0) is 31.9 Å². The third-order valence-electron chi connectivity index (χ3n) is 4.68. The number of hydrogen-bond donors (Lipinski definition) is 0. The average Bonchev–Trinajstić information content (AvgIpc) is 3.17. The van der Waals surface area contributed by atoms with Crippen molar-refractivity contribution in [3.63, 3.8) is 0 Å². The van der Waals surface area contributed by atoms with E-state index in [2.05, 4.69) is 15.0 Å². The van der Waals surface area contributed by atoms with E-state index in [1.807, 2.05) is 13.0 Å². The SMILES string of the molecule is Cc1cc(CN2CCO[C@H]3[C@@H](Oc4ncccc4F)CC[C@@H]32)no1. The van der Waals surface area contributed by atoms with Crippen LogP contribution in [0.4, 0.5) is 4.39 Å². The van der Waals surface area contributed by atoms with E-state index in [0.717, 1.165) is 37.4 Å². The van der Waals surface area contributed by atoms with Crippen LogP contribution in [0, 0.1) is 12.7 Å². The second-order valence-electron chi connectivity index (χ2n) is 6.33. The van der Waals surface area contributed by atoms with Crippen molar-refractivity contribution in [1.82, 2.24) is 15.0 Å². The lowest BCUT2D eigenvalue weighted by molar-refractivity contribution is -0.0931. The number of hydrogen-bond acceptors (Lipinski definition) is 6. The summed E-state index contributed by atoms with van der Waals surface area (Å²) in [6.45, 7) is 4.09. The normalized spacial score (nSPS) is 27.2. The molecule has 0 N–H and O–H groups in total. The summed E-state index contributed by atoms with van der Waals surface area (Å²) in [5.74, 6) is 0.427. The number of morpholine rings is 1. The number of aryl methyl sites for hydroxylation is 1. The number of aromatic nitrogens is 2. The maximum Gasteiger partial charge on any atom is 0.250 e. The van der Waals surface area contributed by atoms with E-state index in [4.69, 9.17) is 14.0 Å². The monoisotopic (exact) mass is 333 g/mol. The van der Waals surface area contributed by atoms with Gasteiger partial charge in [0.25, 0.3) is 5.88 Å². The molecule has 24 heavy (non-hydrogen) atoms. The molecule has 0 radical (unpaired) electrons. The van der Waals surface area contributed by atoms with Crippen molar-refractivity contribution in [2.45, 2.75) is 44.6 Å². The van der Waals surface area contributed by atoms with E-state index in [9.17, 15) is 4.39 Å². The summed E-state index contributed by atoms with van der Waals surface area (Å²) in [5.41, 5.74) is 0.924. The minimum Gasteiger partial charge on any atom is -0.469 e. The molecule has 1 aliphatic carbocycles. The maximum atomic E-state index is 13.8. The van der Waals surface area contributed by atoms with Crippen LogP contribution in [0.5, 0.6) is 5.88 Å². The summed E-state index contributed by atoms with van der Waals surface area (Å²) in [6.07, 6.45) is 3.04. The highest BCUT2D eigenvalue weighted by atomic mass is 19.1. The summed E-state index contributed by atoms with van der Waals surface area (Å²) >= 11 is 0. The Balaban J connectivity index is 1.45. The number of nitrogens with zero attached hydrogens (tertiary/aromatic N) is 3. The maximum absolute atomic E-state index is 13.8. The molecule has 1 saturated carbocycles. The molecule has 2 aromatic rings. The van der Waals surface area contributed by atoms with Gasteiger partial charge in [-0.25, -0.2) is 9.37 Å². The predicted molar refractivity (Wildman–Crippen MR) is 83.0 cm³/mol. The van der Waals surface area contributed by atoms with Gasteiger partial charge in [0.2, 0.25) is 0 Å². The molecule has 2 aromatic heterocycles. The first kappa shape index (κ1) is 15.5. The van der Waals surface area contributed by atoms with E-state index < -0.39 is 5.82 Å². The summed E-state index contributed by atoms with van der Waals surface area (Å²) in [4.78, 5) is 6.33. The summed E-state index contributed by atoms with van der Waals surface area (Å²) in [5, 5.41) is 4.07. The first-order valence-electron chi connectivity index (χ1n) is 8.26. The molecule has 7 heteroatoms. The van der Waals surface area contributed by atoms with Crippen LogP contribution in [0.2, 0.25) is 0 Å². The highest BCUT2D eigenvalue weighted by molar-refractivity contribution is 5.14. The van der Waals surface area contributed by atoms with Gasteiger partial charge in [0, 0.05) is 31.4 Å². The molecule has 128 valence electrons. The summed E-state index contributed by atoms with van der Waals surface area (Å²) < 4.78 is 30.7. The second-order valence-corrected chi connectivity index (χ2v) is 6.33. The Kier molecular flexibility index (Phi) is 4.20. The van der Waals surface area contributed by atoms with Gasteiger partial charge in [-0.1, -0.05) is 5.16 Å². The molecule has 2 fully saturated rings. The fraction of sp³-hybridized carbons (Fsp3) is 0.529. The van der Waals surface area contributed by atoms with Gasteiger partial charge in [-0.15, -0.1) is 0 Å². The Morgan fingerprint density at radius 3 is 3.12 bits per heavy atom. The Morgan fingerprint density at radius 2 is 2.33 bits per heavy atom.